The summed E-state index contributed by atoms with van der Waals surface area (Å²) in [7, 11) is 0. The van der Waals surface area contributed by atoms with Gasteiger partial charge >= 0.3 is 0 Å². The summed E-state index contributed by atoms with van der Waals surface area (Å²) < 4.78 is 0. The molecule has 1 unspecified atom stereocenters. The molecule has 0 heterocycles. The Labute approximate surface area is 63.8 Å². The Morgan fingerprint density at radius 3 is 2.36 bits per heavy atom. The van der Waals surface area contributed by atoms with Gasteiger partial charge in [0.2, 0.25) is 0 Å². The van der Waals surface area contributed by atoms with Crippen LogP contribution >= 0.6 is 0 Å². The summed E-state index contributed by atoms with van der Waals surface area (Å²) in [4.78, 5) is 21.7. The third-order valence-corrected chi connectivity index (χ3v) is 1.93. The molecule has 0 aromatic rings. The Balaban J connectivity index is 2.79. The van der Waals surface area contributed by atoms with Crippen molar-refractivity contribution in [2.45, 2.75) is 25.6 Å². The number of aliphatic hydroxyl groups is 2. The van der Waals surface area contributed by atoms with Crippen molar-refractivity contribution >= 4 is 11.6 Å². The second-order valence-electron chi connectivity index (χ2n) is 2.86. The van der Waals surface area contributed by atoms with Crippen LogP contribution in [0.25, 0.3) is 0 Å². The number of Topliss-reactive ketones (excluding diaryl/α,β-unsaturated/α-hetero) is 2. The summed E-state index contributed by atoms with van der Waals surface area (Å²) in [5.74, 6) is -1.67. The monoisotopic (exact) mass is 158 g/mol. The van der Waals surface area contributed by atoms with Crippen LogP contribution in [0.2, 0.25) is 0 Å². The van der Waals surface area contributed by atoms with E-state index < -0.39 is 29.7 Å². The first kappa shape index (κ1) is 8.36. The standard InChI is InChI=1S/C7H10O4/c1-3-2-4(8)6(10)7(11)5(3)9/h3-4,7-8,11H,2H2,1H3/t3?,4-,7+/m1/s1. The molecule has 4 nitrogen and oxygen atoms in total. The van der Waals surface area contributed by atoms with Crippen molar-refractivity contribution in [2.24, 2.45) is 5.92 Å². The minimum atomic E-state index is -1.60. The zero-order valence-corrected chi connectivity index (χ0v) is 6.15. The molecule has 0 aromatic carbocycles. The van der Waals surface area contributed by atoms with Gasteiger partial charge in [-0.25, -0.2) is 0 Å². The third-order valence-electron chi connectivity index (χ3n) is 1.93. The summed E-state index contributed by atoms with van der Waals surface area (Å²) in [6.07, 6.45) is -2.64. The number of hydrogen-bond donors (Lipinski definition) is 2. The molecule has 62 valence electrons. The quantitative estimate of drug-likeness (QED) is 0.438. The maximum absolute atomic E-state index is 10.9. The highest BCUT2D eigenvalue weighted by Crippen LogP contribution is 2.18. The summed E-state index contributed by atoms with van der Waals surface area (Å²) >= 11 is 0. The first-order valence-corrected chi connectivity index (χ1v) is 3.47. The zero-order valence-electron chi connectivity index (χ0n) is 6.15. The Morgan fingerprint density at radius 2 is 1.82 bits per heavy atom. The molecule has 1 rings (SSSR count). The van der Waals surface area contributed by atoms with E-state index in [0.29, 0.717) is 0 Å². The average Bonchev–Trinajstić information content (AvgIpc) is 1.97. The first-order valence-electron chi connectivity index (χ1n) is 3.47. The summed E-state index contributed by atoms with van der Waals surface area (Å²) in [6, 6.07) is 0. The molecule has 0 spiro atoms. The fourth-order valence-electron chi connectivity index (χ4n) is 1.16. The lowest BCUT2D eigenvalue weighted by Crippen LogP contribution is -2.46. The number of aliphatic hydroxyl groups excluding tert-OH is 2. The molecular weight excluding hydrogens is 148 g/mol. The molecule has 0 bridgehead atoms. The van der Waals surface area contributed by atoms with Gasteiger partial charge in [-0.2, -0.15) is 0 Å². The van der Waals surface area contributed by atoms with Crippen LogP contribution in [0.15, 0.2) is 0 Å². The molecule has 2 N–H and O–H groups in total. The number of ketones is 2. The van der Waals surface area contributed by atoms with Crippen molar-refractivity contribution in [1.29, 1.82) is 0 Å². The van der Waals surface area contributed by atoms with E-state index in [0.717, 1.165) is 0 Å². The number of carbonyl (C=O) groups is 2. The molecule has 0 saturated heterocycles. The number of hydrogen-bond acceptors (Lipinski definition) is 4. The average molecular weight is 158 g/mol. The van der Waals surface area contributed by atoms with Crippen LogP contribution in [0, 0.1) is 5.92 Å². The highest BCUT2D eigenvalue weighted by Gasteiger charge is 2.38. The van der Waals surface area contributed by atoms with E-state index >= 15 is 0 Å². The fraction of sp³-hybridized carbons (Fsp3) is 0.714. The molecule has 1 aliphatic carbocycles. The molecular formula is C7H10O4. The highest BCUT2D eigenvalue weighted by atomic mass is 16.3. The van der Waals surface area contributed by atoms with Crippen molar-refractivity contribution < 1.29 is 19.8 Å². The van der Waals surface area contributed by atoms with Gasteiger partial charge in [-0.05, 0) is 6.42 Å². The minimum absolute atomic E-state index is 0.134. The van der Waals surface area contributed by atoms with Gasteiger partial charge in [0.15, 0.2) is 17.7 Å². The Kier molecular flexibility index (Phi) is 2.06. The van der Waals surface area contributed by atoms with Gasteiger partial charge in [-0.3, -0.25) is 9.59 Å². The molecule has 4 heteroatoms. The highest BCUT2D eigenvalue weighted by molar-refractivity contribution is 6.09. The van der Waals surface area contributed by atoms with Gasteiger partial charge in [0.1, 0.15) is 6.10 Å². The molecule has 1 aliphatic rings. The van der Waals surface area contributed by atoms with Crippen molar-refractivity contribution in [3.8, 4) is 0 Å². The molecule has 0 aliphatic heterocycles. The van der Waals surface area contributed by atoms with Crippen molar-refractivity contribution in [1.82, 2.24) is 0 Å². The maximum Gasteiger partial charge on any atom is 0.197 e. The largest absolute Gasteiger partial charge is 0.385 e. The predicted octanol–water partition coefficient (Wildman–Crippen LogP) is -1.11. The minimum Gasteiger partial charge on any atom is -0.385 e. The second kappa shape index (κ2) is 2.71. The van der Waals surface area contributed by atoms with Crippen LogP contribution in [0.5, 0.6) is 0 Å². The van der Waals surface area contributed by atoms with E-state index in [1.54, 1.807) is 6.92 Å². The van der Waals surface area contributed by atoms with Gasteiger partial charge in [0.05, 0.1) is 0 Å². The Bertz CT molecular complexity index is 179. The van der Waals surface area contributed by atoms with Gasteiger partial charge in [0, 0.05) is 5.92 Å². The van der Waals surface area contributed by atoms with Gasteiger partial charge in [-0.15, -0.1) is 0 Å². The predicted molar refractivity (Wildman–Crippen MR) is 35.8 cm³/mol. The van der Waals surface area contributed by atoms with E-state index in [9.17, 15) is 9.59 Å². The van der Waals surface area contributed by atoms with Crippen molar-refractivity contribution in [2.75, 3.05) is 0 Å². The van der Waals surface area contributed by atoms with E-state index in [1.807, 2.05) is 0 Å². The molecule has 0 radical (unpaired) electrons. The smallest absolute Gasteiger partial charge is 0.197 e. The Morgan fingerprint density at radius 1 is 1.27 bits per heavy atom. The van der Waals surface area contributed by atoms with Crippen LogP contribution in [0.1, 0.15) is 13.3 Å². The molecule has 0 amide bonds. The third kappa shape index (κ3) is 1.32. The van der Waals surface area contributed by atoms with Crippen LogP contribution in [-0.4, -0.2) is 34.0 Å². The van der Waals surface area contributed by atoms with E-state index in [1.165, 1.54) is 0 Å². The zero-order chi connectivity index (χ0) is 8.59. The van der Waals surface area contributed by atoms with Crippen LogP contribution in [0.4, 0.5) is 0 Å². The lowest BCUT2D eigenvalue weighted by Gasteiger charge is -2.24. The lowest BCUT2D eigenvalue weighted by atomic mass is 9.84. The number of carbonyl (C=O) groups excluding carboxylic acids is 2. The molecule has 3 atom stereocenters. The lowest BCUT2D eigenvalue weighted by molar-refractivity contribution is -0.151. The molecule has 11 heavy (non-hydrogen) atoms. The summed E-state index contributed by atoms with van der Waals surface area (Å²) in [5.41, 5.74) is 0. The van der Waals surface area contributed by atoms with E-state index in [2.05, 4.69) is 0 Å². The van der Waals surface area contributed by atoms with E-state index in [-0.39, 0.29) is 6.42 Å². The SMILES string of the molecule is CC1C[C@@H](O)C(=O)[C@@H](O)C1=O. The second-order valence-corrected chi connectivity index (χ2v) is 2.86. The van der Waals surface area contributed by atoms with Crippen LogP contribution in [-0.2, 0) is 9.59 Å². The van der Waals surface area contributed by atoms with E-state index in [4.69, 9.17) is 10.2 Å². The number of rotatable bonds is 0. The normalized spacial score (nSPS) is 39.4. The fourth-order valence-corrected chi connectivity index (χ4v) is 1.16. The Hall–Kier alpha value is -0.740. The van der Waals surface area contributed by atoms with Crippen molar-refractivity contribution in [3.05, 3.63) is 0 Å². The maximum atomic E-state index is 10.9. The summed E-state index contributed by atoms with van der Waals surface area (Å²) in [5, 5.41) is 17.9. The van der Waals surface area contributed by atoms with Gasteiger partial charge < -0.3 is 10.2 Å². The topological polar surface area (TPSA) is 74.6 Å². The first-order chi connectivity index (χ1) is 5.04. The van der Waals surface area contributed by atoms with Gasteiger partial charge in [-0.1, -0.05) is 6.92 Å². The summed E-state index contributed by atoms with van der Waals surface area (Å²) in [6.45, 7) is 1.58. The van der Waals surface area contributed by atoms with Gasteiger partial charge in [0.25, 0.3) is 0 Å². The van der Waals surface area contributed by atoms with Crippen molar-refractivity contribution in [3.63, 3.8) is 0 Å². The van der Waals surface area contributed by atoms with Crippen LogP contribution < -0.4 is 0 Å². The van der Waals surface area contributed by atoms with Crippen LogP contribution in [0.3, 0.4) is 0 Å². The molecule has 1 saturated carbocycles. The molecule has 0 aromatic heterocycles. The molecule has 1 fully saturated rings.